The Balaban J connectivity index is -0.00000000900. The summed E-state index contributed by atoms with van der Waals surface area (Å²) in [5, 5.41) is 24.8. The van der Waals surface area contributed by atoms with E-state index in [9.17, 15) is 0 Å². The first-order valence-corrected chi connectivity index (χ1v) is 1.22. The standard InChI is InChI=1S/3CH3O.B/c3*1-2;/h3*1H3;/q3*-1;+3. The van der Waals surface area contributed by atoms with Crippen LogP contribution >= 0.6 is 0 Å². The molecule has 0 spiro atoms. The van der Waals surface area contributed by atoms with Gasteiger partial charge in [-0.25, -0.2) is 0 Å². The summed E-state index contributed by atoms with van der Waals surface area (Å²) >= 11 is 0. The van der Waals surface area contributed by atoms with E-state index in [-0.39, 0.29) is 8.41 Å². The Labute approximate surface area is 46.2 Å². The van der Waals surface area contributed by atoms with E-state index in [2.05, 4.69) is 0 Å². The molecule has 0 N–H and O–H groups in total. The van der Waals surface area contributed by atoms with E-state index in [0.717, 1.165) is 21.3 Å². The summed E-state index contributed by atoms with van der Waals surface area (Å²) in [6.07, 6.45) is 0. The van der Waals surface area contributed by atoms with Crippen molar-refractivity contribution >= 4 is 8.41 Å². The summed E-state index contributed by atoms with van der Waals surface area (Å²) in [5.74, 6) is 0. The van der Waals surface area contributed by atoms with Crippen molar-refractivity contribution in [3.05, 3.63) is 0 Å². The van der Waals surface area contributed by atoms with Gasteiger partial charge in [0, 0.05) is 0 Å². The minimum Gasteiger partial charge on any atom is -0.857 e. The molecule has 0 atom stereocenters. The Morgan fingerprint density at radius 1 is 0.571 bits per heavy atom. The zero-order valence-corrected chi connectivity index (χ0v) is 4.80. The Hall–Kier alpha value is -0.0551. The van der Waals surface area contributed by atoms with E-state index in [1.165, 1.54) is 0 Å². The van der Waals surface area contributed by atoms with Gasteiger partial charge in [0.05, 0.1) is 0 Å². The molecule has 0 radical (unpaired) electrons. The molecule has 0 amide bonds. The van der Waals surface area contributed by atoms with Crippen LogP contribution in [0.2, 0.25) is 0 Å². The molecule has 0 rings (SSSR count). The SMILES string of the molecule is C[O-].C[O-].C[O-].[B+3]. The van der Waals surface area contributed by atoms with Gasteiger partial charge in [-0.15, -0.1) is 0 Å². The molecule has 0 bridgehead atoms. The van der Waals surface area contributed by atoms with Crippen LogP contribution in [0, 0.1) is 0 Å². The van der Waals surface area contributed by atoms with Gasteiger partial charge in [-0.1, -0.05) is 0 Å². The molecule has 0 fully saturated rings. The van der Waals surface area contributed by atoms with Crippen LogP contribution in [0.15, 0.2) is 0 Å². The van der Waals surface area contributed by atoms with E-state index in [1.54, 1.807) is 0 Å². The Morgan fingerprint density at radius 2 is 0.571 bits per heavy atom. The summed E-state index contributed by atoms with van der Waals surface area (Å²) in [5.41, 5.74) is 0. The fourth-order valence-corrected chi connectivity index (χ4v) is 0. The van der Waals surface area contributed by atoms with Crippen molar-refractivity contribution in [2.24, 2.45) is 0 Å². The van der Waals surface area contributed by atoms with Crippen LogP contribution in [0.1, 0.15) is 0 Å². The average Bonchev–Trinajstić information content (AvgIpc) is 1.81. The quantitative estimate of drug-likeness (QED) is 0.300. The van der Waals surface area contributed by atoms with Crippen molar-refractivity contribution in [2.75, 3.05) is 21.3 Å². The van der Waals surface area contributed by atoms with Gasteiger partial charge < -0.3 is 15.3 Å². The van der Waals surface area contributed by atoms with Crippen molar-refractivity contribution < 1.29 is 15.3 Å². The smallest absolute Gasteiger partial charge is 0.857 e. The molecule has 0 aliphatic carbocycles. The largest absolute Gasteiger partial charge is 3.00 e. The fraction of sp³-hybridized carbons (Fsp3) is 1.00. The van der Waals surface area contributed by atoms with Gasteiger partial charge >= 0.3 is 8.41 Å². The molecule has 7 heavy (non-hydrogen) atoms. The molecule has 0 aliphatic heterocycles. The zero-order chi connectivity index (χ0) is 6.00. The second-order valence-corrected chi connectivity index (χ2v) is 0. The van der Waals surface area contributed by atoms with E-state index in [0.29, 0.717) is 0 Å². The van der Waals surface area contributed by atoms with Gasteiger partial charge in [0.1, 0.15) is 0 Å². The number of rotatable bonds is 0. The van der Waals surface area contributed by atoms with Crippen LogP contribution in [-0.4, -0.2) is 29.7 Å². The zero-order valence-electron chi connectivity index (χ0n) is 4.80. The maximum atomic E-state index is 8.25. The monoisotopic (exact) mass is 104 g/mol. The third-order valence-electron chi connectivity index (χ3n) is 0. The first-order valence-electron chi connectivity index (χ1n) is 1.22. The average molecular weight is 104 g/mol. The predicted octanol–water partition coefficient (Wildman–Crippen LogP) is -3.45. The molecule has 0 heterocycles. The predicted molar refractivity (Wildman–Crippen MR) is 23.5 cm³/mol. The van der Waals surface area contributed by atoms with Crippen molar-refractivity contribution in [3.8, 4) is 0 Å². The molecule has 0 aromatic carbocycles. The molecule has 42 valence electrons. The topological polar surface area (TPSA) is 69.2 Å². The molecular weight excluding hydrogens is 94.8 g/mol. The second-order valence-electron chi connectivity index (χ2n) is 0. The summed E-state index contributed by atoms with van der Waals surface area (Å²) in [6, 6.07) is 0. The first kappa shape index (κ1) is 28.3. The van der Waals surface area contributed by atoms with Crippen molar-refractivity contribution in [2.45, 2.75) is 0 Å². The Morgan fingerprint density at radius 3 is 0.571 bits per heavy atom. The molecular formula is C3H9BO3. The minimum absolute atomic E-state index is 0. The van der Waals surface area contributed by atoms with Crippen LogP contribution in [0.4, 0.5) is 0 Å². The fourth-order valence-electron chi connectivity index (χ4n) is 0. The second kappa shape index (κ2) is 47900. The summed E-state index contributed by atoms with van der Waals surface area (Å²) < 4.78 is 0. The van der Waals surface area contributed by atoms with Crippen LogP contribution in [0.5, 0.6) is 0 Å². The summed E-state index contributed by atoms with van der Waals surface area (Å²) in [6.45, 7) is 0. The van der Waals surface area contributed by atoms with Gasteiger partial charge in [0.15, 0.2) is 0 Å². The molecule has 0 aliphatic rings. The van der Waals surface area contributed by atoms with Gasteiger partial charge in [-0.2, -0.15) is 21.3 Å². The van der Waals surface area contributed by atoms with E-state index in [1.807, 2.05) is 0 Å². The van der Waals surface area contributed by atoms with Gasteiger partial charge in [0.2, 0.25) is 0 Å². The van der Waals surface area contributed by atoms with Crippen LogP contribution in [-0.2, 0) is 0 Å². The van der Waals surface area contributed by atoms with Crippen molar-refractivity contribution in [3.63, 3.8) is 0 Å². The van der Waals surface area contributed by atoms with Crippen molar-refractivity contribution in [1.29, 1.82) is 0 Å². The molecule has 0 unspecified atom stereocenters. The van der Waals surface area contributed by atoms with Gasteiger partial charge in [-0.05, 0) is 0 Å². The third-order valence-corrected chi connectivity index (χ3v) is 0. The summed E-state index contributed by atoms with van der Waals surface area (Å²) in [7, 11) is 2.25. The van der Waals surface area contributed by atoms with E-state index < -0.39 is 0 Å². The van der Waals surface area contributed by atoms with Gasteiger partial charge in [0.25, 0.3) is 0 Å². The molecule has 3 nitrogen and oxygen atoms in total. The number of hydrogen-bond donors (Lipinski definition) is 0. The normalized spacial score (nSPS) is 2.57. The Bertz CT molecular complexity index is 10.1. The maximum absolute atomic E-state index is 8.25. The van der Waals surface area contributed by atoms with E-state index >= 15 is 0 Å². The molecule has 4 heteroatoms. The minimum atomic E-state index is 0. The molecule has 0 saturated carbocycles. The first-order chi connectivity index (χ1) is 3.00. The van der Waals surface area contributed by atoms with Crippen LogP contribution in [0.3, 0.4) is 0 Å². The number of hydrogen-bond acceptors (Lipinski definition) is 3. The summed E-state index contributed by atoms with van der Waals surface area (Å²) in [4.78, 5) is 0. The molecule has 0 saturated heterocycles. The Kier molecular flexibility index (Phi) is 194000. The van der Waals surface area contributed by atoms with Crippen LogP contribution < -0.4 is 15.3 Å². The van der Waals surface area contributed by atoms with Crippen LogP contribution in [0.25, 0.3) is 0 Å². The van der Waals surface area contributed by atoms with E-state index in [4.69, 9.17) is 15.3 Å². The molecule has 0 aromatic heterocycles. The third kappa shape index (κ3) is 30500. The van der Waals surface area contributed by atoms with Crippen molar-refractivity contribution in [1.82, 2.24) is 0 Å². The maximum Gasteiger partial charge on any atom is 3.00 e. The molecule has 0 aromatic rings. The van der Waals surface area contributed by atoms with Gasteiger partial charge in [-0.3, -0.25) is 0 Å².